The van der Waals surface area contributed by atoms with Crippen molar-refractivity contribution in [3.05, 3.63) is 59.4 Å². The molecule has 0 amide bonds. The van der Waals surface area contributed by atoms with Crippen molar-refractivity contribution in [2.24, 2.45) is 0 Å². The molecular formula is C16H18N2S. The number of thioether (sulfide) groups is 1. The van der Waals surface area contributed by atoms with Gasteiger partial charge < -0.3 is 5.32 Å². The Morgan fingerprint density at radius 2 is 2.21 bits per heavy atom. The minimum Gasteiger partial charge on any atom is -0.312 e. The molecule has 1 aromatic heterocycles. The minimum absolute atomic E-state index is 0.642. The normalized spacial score (nSPS) is 17.4. The van der Waals surface area contributed by atoms with Crippen LogP contribution in [0.2, 0.25) is 0 Å². The molecule has 2 heterocycles. The Labute approximate surface area is 118 Å². The van der Waals surface area contributed by atoms with E-state index in [9.17, 15) is 0 Å². The third-order valence-electron chi connectivity index (χ3n) is 3.64. The Kier molecular flexibility index (Phi) is 3.85. The van der Waals surface area contributed by atoms with E-state index in [1.165, 1.54) is 27.3 Å². The van der Waals surface area contributed by atoms with Crippen LogP contribution >= 0.6 is 11.8 Å². The van der Waals surface area contributed by atoms with Gasteiger partial charge in [0, 0.05) is 42.0 Å². The van der Waals surface area contributed by atoms with Crippen LogP contribution in [0.4, 0.5) is 0 Å². The maximum Gasteiger partial charge on any atom is 0.0300 e. The summed E-state index contributed by atoms with van der Waals surface area (Å²) in [6.45, 7) is 4.09. The molecule has 2 nitrogen and oxygen atoms in total. The lowest BCUT2D eigenvalue weighted by molar-refractivity contribution is 0.620. The number of rotatable bonds is 4. The zero-order chi connectivity index (χ0) is 13.1. The van der Waals surface area contributed by atoms with Gasteiger partial charge in [-0.1, -0.05) is 18.2 Å². The van der Waals surface area contributed by atoms with Gasteiger partial charge in [0.05, 0.1) is 0 Å². The maximum absolute atomic E-state index is 4.13. The Balaban J connectivity index is 1.58. The van der Waals surface area contributed by atoms with Gasteiger partial charge in [0.15, 0.2) is 0 Å². The van der Waals surface area contributed by atoms with Crippen molar-refractivity contribution in [3.63, 3.8) is 0 Å². The molecule has 0 aliphatic carbocycles. The number of aromatic nitrogens is 1. The summed E-state index contributed by atoms with van der Waals surface area (Å²) in [6.07, 6.45) is 3.79. The molecule has 1 aromatic carbocycles. The molecule has 3 rings (SSSR count). The zero-order valence-corrected chi connectivity index (χ0v) is 11.9. The summed E-state index contributed by atoms with van der Waals surface area (Å²) < 4.78 is 0. The highest BCUT2D eigenvalue weighted by Gasteiger charge is 2.21. The predicted octanol–water partition coefficient (Wildman–Crippen LogP) is 3.37. The minimum atomic E-state index is 0.642. The van der Waals surface area contributed by atoms with E-state index in [0.29, 0.717) is 5.92 Å². The van der Waals surface area contributed by atoms with Crippen molar-refractivity contribution >= 4 is 11.8 Å². The monoisotopic (exact) mass is 270 g/mol. The van der Waals surface area contributed by atoms with E-state index in [4.69, 9.17) is 0 Å². The first kappa shape index (κ1) is 12.7. The molecule has 3 heteroatoms. The summed E-state index contributed by atoms with van der Waals surface area (Å²) in [5, 5.41) is 3.58. The van der Waals surface area contributed by atoms with Crippen molar-refractivity contribution in [1.29, 1.82) is 0 Å². The van der Waals surface area contributed by atoms with E-state index in [1.54, 1.807) is 0 Å². The van der Waals surface area contributed by atoms with Gasteiger partial charge in [-0.15, -0.1) is 11.8 Å². The van der Waals surface area contributed by atoms with Gasteiger partial charge in [0.1, 0.15) is 0 Å². The van der Waals surface area contributed by atoms with Crippen LogP contribution in [0, 0.1) is 6.92 Å². The lowest BCUT2D eigenvalue weighted by atomic mass is 10.0. The van der Waals surface area contributed by atoms with E-state index in [0.717, 1.165) is 13.1 Å². The number of fused-ring (bicyclic) bond motifs is 1. The van der Waals surface area contributed by atoms with E-state index < -0.39 is 0 Å². The van der Waals surface area contributed by atoms with Crippen molar-refractivity contribution in [1.82, 2.24) is 10.3 Å². The zero-order valence-electron chi connectivity index (χ0n) is 11.1. The number of nitrogens with zero attached hydrogens (tertiary/aromatic N) is 1. The largest absolute Gasteiger partial charge is 0.312 e. The van der Waals surface area contributed by atoms with E-state index in [2.05, 4.69) is 47.6 Å². The number of aryl methyl sites for hydroxylation is 1. The van der Waals surface area contributed by atoms with Gasteiger partial charge in [0.25, 0.3) is 0 Å². The second-order valence-corrected chi connectivity index (χ2v) is 6.04. The van der Waals surface area contributed by atoms with Gasteiger partial charge in [-0.3, -0.25) is 4.98 Å². The summed E-state index contributed by atoms with van der Waals surface area (Å²) in [5.41, 5.74) is 4.11. The third-order valence-corrected chi connectivity index (χ3v) is 4.89. The fourth-order valence-corrected chi connectivity index (χ4v) is 3.73. The Morgan fingerprint density at radius 3 is 3.11 bits per heavy atom. The number of nitrogens with one attached hydrogen (secondary N) is 1. The highest BCUT2D eigenvalue weighted by atomic mass is 32.2. The second kappa shape index (κ2) is 5.76. The second-order valence-electron chi connectivity index (χ2n) is 4.98. The molecule has 1 aliphatic heterocycles. The predicted molar refractivity (Wildman–Crippen MR) is 80.6 cm³/mol. The summed E-state index contributed by atoms with van der Waals surface area (Å²) >= 11 is 1.98. The molecule has 1 N–H and O–H groups in total. The van der Waals surface area contributed by atoms with Crippen molar-refractivity contribution < 1.29 is 0 Å². The molecule has 0 saturated carbocycles. The maximum atomic E-state index is 4.13. The third kappa shape index (κ3) is 2.82. The Hall–Kier alpha value is -1.32. The molecule has 1 aliphatic rings. The topological polar surface area (TPSA) is 24.9 Å². The van der Waals surface area contributed by atoms with Crippen LogP contribution in [0.1, 0.15) is 22.6 Å². The quantitative estimate of drug-likeness (QED) is 0.922. The summed E-state index contributed by atoms with van der Waals surface area (Å²) in [6, 6.07) is 10.9. The summed E-state index contributed by atoms with van der Waals surface area (Å²) in [4.78, 5) is 5.58. The van der Waals surface area contributed by atoms with Gasteiger partial charge in [-0.2, -0.15) is 0 Å². The first-order valence-electron chi connectivity index (χ1n) is 6.66. The summed E-state index contributed by atoms with van der Waals surface area (Å²) in [5.74, 6) is 1.84. The Bertz CT molecular complexity index is 568. The first-order valence-corrected chi connectivity index (χ1v) is 7.65. The van der Waals surface area contributed by atoms with Crippen LogP contribution in [0.3, 0.4) is 0 Å². The summed E-state index contributed by atoms with van der Waals surface area (Å²) in [7, 11) is 0. The lowest BCUT2D eigenvalue weighted by Crippen LogP contribution is -2.21. The van der Waals surface area contributed by atoms with Crippen LogP contribution in [-0.4, -0.2) is 17.3 Å². The SMILES string of the molecule is Cc1cnccc1CNCC1CSc2ccccc21. The van der Waals surface area contributed by atoms with E-state index in [1.807, 2.05) is 24.2 Å². The molecule has 0 fully saturated rings. The van der Waals surface area contributed by atoms with Crippen LogP contribution in [-0.2, 0) is 6.54 Å². The molecule has 0 bridgehead atoms. The molecule has 1 atom stereocenters. The smallest absolute Gasteiger partial charge is 0.0300 e. The van der Waals surface area contributed by atoms with Gasteiger partial charge in [0.2, 0.25) is 0 Å². The van der Waals surface area contributed by atoms with Gasteiger partial charge in [-0.05, 0) is 35.7 Å². The average molecular weight is 270 g/mol. The average Bonchev–Trinajstić information content (AvgIpc) is 2.85. The molecule has 19 heavy (non-hydrogen) atoms. The lowest BCUT2D eigenvalue weighted by Gasteiger charge is -2.13. The number of hydrogen-bond acceptors (Lipinski definition) is 3. The highest BCUT2D eigenvalue weighted by Crippen LogP contribution is 2.38. The van der Waals surface area contributed by atoms with Gasteiger partial charge in [-0.25, -0.2) is 0 Å². The first-order chi connectivity index (χ1) is 9.34. The fraction of sp³-hybridized carbons (Fsp3) is 0.312. The van der Waals surface area contributed by atoms with Crippen LogP contribution in [0.25, 0.3) is 0 Å². The molecular weight excluding hydrogens is 252 g/mol. The van der Waals surface area contributed by atoms with Crippen molar-refractivity contribution in [2.45, 2.75) is 24.3 Å². The molecule has 0 radical (unpaired) electrons. The molecule has 1 unspecified atom stereocenters. The number of benzene rings is 1. The van der Waals surface area contributed by atoms with E-state index >= 15 is 0 Å². The van der Waals surface area contributed by atoms with E-state index in [-0.39, 0.29) is 0 Å². The van der Waals surface area contributed by atoms with Crippen LogP contribution in [0.15, 0.2) is 47.6 Å². The van der Waals surface area contributed by atoms with Crippen LogP contribution in [0.5, 0.6) is 0 Å². The highest BCUT2D eigenvalue weighted by molar-refractivity contribution is 7.99. The number of pyridine rings is 1. The molecule has 2 aromatic rings. The van der Waals surface area contributed by atoms with Crippen molar-refractivity contribution in [2.75, 3.05) is 12.3 Å². The van der Waals surface area contributed by atoms with Crippen LogP contribution < -0.4 is 5.32 Å². The molecule has 0 saturated heterocycles. The standard InChI is InChI=1S/C16H18N2S/c1-12-8-17-7-6-13(12)9-18-10-14-11-19-16-5-3-2-4-15(14)16/h2-8,14,18H,9-11H2,1H3. The Morgan fingerprint density at radius 1 is 1.32 bits per heavy atom. The van der Waals surface area contributed by atoms with Gasteiger partial charge >= 0.3 is 0 Å². The van der Waals surface area contributed by atoms with Crippen molar-refractivity contribution in [3.8, 4) is 0 Å². The molecule has 0 spiro atoms. The number of hydrogen-bond donors (Lipinski definition) is 1. The fourth-order valence-electron chi connectivity index (χ4n) is 2.48. The molecule has 98 valence electrons.